The number of amides is 3. The van der Waals surface area contributed by atoms with Crippen molar-refractivity contribution in [3.63, 3.8) is 0 Å². The molecule has 0 aromatic heterocycles. The van der Waals surface area contributed by atoms with Gasteiger partial charge in [-0.15, -0.1) is 6.58 Å². The summed E-state index contributed by atoms with van der Waals surface area (Å²) >= 11 is -2.08. The van der Waals surface area contributed by atoms with Crippen molar-refractivity contribution in [1.82, 2.24) is 35.8 Å². The molecule has 0 aromatic rings. The summed E-state index contributed by atoms with van der Waals surface area (Å²) in [6, 6.07) is -3.07. The number of nitrogens with one attached hydrogen (secondary N) is 5. The molecule has 0 saturated carbocycles. The second kappa shape index (κ2) is 21.9. The van der Waals surface area contributed by atoms with E-state index < -0.39 is 58.8 Å². The third-order valence-electron chi connectivity index (χ3n) is 8.92. The predicted molar refractivity (Wildman–Crippen MR) is 198 cm³/mol. The highest BCUT2D eigenvalue weighted by Gasteiger charge is 2.43. The number of nitrogens with zero attached hydrogens (tertiary/aromatic N) is 2. The van der Waals surface area contributed by atoms with Crippen molar-refractivity contribution in [3.8, 4) is 0 Å². The lowest BCUT2D eigenvalue weighted by molar-refractivity contribution is -0.145. The minimum Gasteiger partial charge on any atom is -0.365 e. The standard InChI is InChI=1S/C35H67N7O7S/c1-11-13-14-15-17-25(28(43)31(45)37-19-12-2)38-30(44)26-18-16-21-41(26)32(46)29(35(8,9)10)40-33(47)39-27(34(5,6)7)23-36-20-22-42(24(3)4)50(48)49/h12,24-27,29,33,36,39-40,47H,2,11,13-23H2,1,3-10H3,(H,37,45)(H,38,44)(H,48,49)/t25?,26-,27+,29+,33?/m0/s1. The monoisotopic (exact) mass is 729 g/mol. The number of unbranched alkanes of at least 4 members (excludes halogenated alkanes) is 3. The first-order chi connectivity index (χ1) is 23.3. The van der Waals surface area contributed by atoms with Gasteiger partial charge in [-0.05, 0) is 43.9 Å². The highest BCUT2D eigenvalue weighted by molar-refractivity contribution is 7.76. The Bertz CT molecular complexity index is 1130. The SMILES string of the molecule is C=CCNC(=O)C(=O)C(CCCCCC)NC(=O)[C@@H]1CCCN1C(=O)[C@@H](NC(O)N[C@H](CNCCN(C(C)C)S(=O)O)C(C)(C)C)C(C)(C)C. The number of Topliss-reactive ketones (excluding diaryl/α,β-unsaturated/α-hetero) is 1. The lowest BCUT2D eigenvalue weighted by Crippen LogP contribution is -2.63. The van der Waals surface area contributed by atoms with Crippen molar-refractivity contribution in [3.05, 3.63) is 12.7 Å². The molecule has 6 atom stereocenters. The predicted octanol–water partition coefficient (Wildman–Crippen LogP) is 2.03. The van der Waals surface area contributed by atoms with E-state index in [0.29, 0.717) is 51.9 Å². The van der Waals surface area contributed by atoms with Crippen molar-refractivity contribution in [2.24, 2.45) is 10.8 Å². The van der Waals surface area contributed by atoms with Crippen LogP contribution in [-0.4, -0.2) is 116 Å². The lowest BCUT2D eigenvalue weighted by Gasteiger charge is -2.39. The summed E-state index contributed by atoms with van der Waals surface area (Å²) in [5.41, 5.74) is -0.959. The number of hydrogen-bond acceptors (Lipinski definition) is 9. The van der Waals surface area contributed by atoms with Crippen LogP contribution in [0.4, 0.5) is 0 Å². The molecule has 1 aliphatic heterocycles. The molecule has 0 spiro atoms. The Labute approximate surface area is 303 Å². The van der Waals surface area contributed by atoms with Crippen molar-refractivity contribution in [1.29, 1.82) is 0 Å². The van der Waals surface area contributed by atoms with Crippen LogP contribution in [0.5, 0.6) is 0 Å². The molecule has 3 amide bonds. The van der Waals surface area contributed by atoms with Gasteiger partial charge in [0.2, 0.25) is 28.9 Å². The number of carbonyl (C=O) groups excluding carboxylic acids is 4. The molecule has 1 fully saturated rings. The van der Waals surface area contributed by atoms with Crippen molar-refractivity contribution in [2.75, 3.05) is 32.7 Å². The van der Waals surface area contributed by atoms with Crippen LogP contribution in [0.25, 0.3) is 0 Å². The average Bonchev–Trinajstić information content (AvgIpc) is 3.51. The molecule has 14 nitrogen and oxygen atoms in total. The zero-order chi connectivity index (χ0) is 38.2. The van der Waals surface area contributed by atoms with Gasteiger partial charge in [0.1, 0.15) is 6.04 Å². The third-order valence-corrected chi connectivity index (χ3v) is 9.93. The first kappa shape index (κ1) is 45.8. The Morgan fingerprint density at radius 3 is 2.24 bits per heavy atom. The van der Waals surface area contributed by atoms with E-state index in [9.17, 15) is 33.0 Å². The number of aliphatic hydroxyl groups is 1. The topological polar surface area (TPSA) is 192 Å². The molecule has 0 radical (unpaired) electrons. The minimum absolute atomic E-state index is 0.105. The fourth-order valence-electron chi connectivity index (χ4n) is 5.85. The van der Waals surface area contributed by atoms with Crippen LogP contribution < -0.4 is 26.6 Å². The van der Waals surface area contributed by atoms with E-state index >= 15 is 0 Å². The normalized spacial score (nSPS) is 18.4. The zero-order valence-electron chi connectivity index (χ0n) is 32.0. The third kappa shape index (κ3) is 15.5. The van der Waals surface area contributed by atoms with Gasteiger partial charge >= 0.3 is 0 Å². The van der Waals surface area contributed by atoms with Gasteiger partial charge < -0.3 is 26.0 Å². The number of likely N-dealkylation sites (tertiary alicyclic amines) is 1. The maximum atomic E-state index is 14.1. The van der Waals surface area contributed by atoms with E-state index in [2.05, 4.69) is 40.1 Å². The summed E-state index contributed by atoms with van der Waals surface area (Å²) < 4.78 is 22.6. The van der Waals surface area contributed by atoms with Crippen LogP contribution in [-0.2, 0) is 30.4 Å². The molecule has 290 valence electrons. The fraction of sp³-hybridized carbons (Fsp3) is 0.829. The van der Waals surface area contributed by atoms with Gasteiger partial charge in [-0.2, -0.15) is 4.31 Å². The van der Waals surface area contributed by atoms with Crippen molar-refractivity contribution in [2.45, 2.75) is 144 Å². The van der Waals surface area contributed by atoms with Gasteiger partial charge in [0.15, 0.2) is 6.35 Å². The zero-order valence-corrected chi connectivity index (χ0v) is 32.8. The summed E-state index contributed by atoms with van der Waals surface area (Å²) in [6.45, 7) is 22.7. The molecule has 1 aliphatic rings. The number of aliphatic hydroxyl groups excluding tert-OH is 1. The maximum Gasteiger partial charge on any atom is 0.289 e. The molecule has 1 heterocycles. The first-order valence-corrected chi connectivity index (χ1v) is 19.1. The van der Waals surface area contributed by atoms with Gasteiger partial charge in [0.25, 0.3) is 5.91 Å². The molecule has 0 aliphatic carbocycles. The molecular weight excluding hydrogens is 662 g/mol. The van der Waals surface area contributed by atoms with Gasteiger partial charge in [-0.1, -0.05) is 80.2 Å². The van der Waals surface area contributed by atoms with Crippen LogP contribution in [0.1, 0.15) is 107 Å². The van der Waals surface area contributed by atoms with Crippen molar-refractivity contribution < 1.29 is 33.0 Å². The largest absolute Gasteiger partial charge is 0.365 e. The van der Waals surface area contributed by atoms with E-state index in [-0.39, 0.29) is 30.0 Å². The molecule has 50 heavy (non-hydrogen) atoms. The van der Waals surface area contributed by atoms with E-state index in [4.69, 9.17) is 0 Å². The highest BCUT2D eigenvalue weighted by Crippen LogP contribution is 2.27. The van der Waals surface area contributed by atoms with Gasteiger partial charge in [-0.25, -0.2) is 4.21 Å². The molecular formula is C35H67N7O7S. The van der Waals surface area contributed by atoms with Gasteiger partial charge in [0, 0.05) is 44.8 Å². The lowest BCUT2D eigenvalue weighted by atomic mass is 9.85. The van der Waals surface area contributed by atoms with Crippen LogP contribution in [0.2, 0.25) is 0 Å². The quantitative estimate of drug-likeness (QED) is 0.0269. The Morgan fingerprint density at radius 2 is 1.70 bits per heavy atom. The van der Waals surface area contributed by atoms with Gasteiger partial charge in [0.05, 0.1) is 12.1 Å². The number of carbonyl (C=O) groups is 4. The van der Waals surface area contributed by atoms with Crippen LogP contribution in [0.3, 0.4) is 0 Å². The highest BCUT2D eigenvalue weighted by atomic mass is 32.2. The second-order valence-electron chi connectivity index (χ2n) is 15.6. The first-order valence-electron chi connectivity index (χ1n) is 18.1. The fourth-order valence-corrected chi connectivity index (χ4v) is 6.45. The van der Waals surface area contributed by atoms with Crippen molar-refractivity contribution >= 4 is 34.8 Å². The molecule has 15 heteroatoms. The van der Waals surface area contributed by atoms with E-state index in [1.54, 1.807) is 0 Å². The van der Waals surface area contributed by atoms with E-state index in [1.807, 2.05) is 55.4 Å². The Hall–Kier alpha value is -2.27. The summed E-state index contributed by atoms with van der Waals surface area (Å²) in [6.07, 6.45) is 5.01. The molecule has 3 unspecified atom stereocenters. The minimum atomic E-state index is -2.08. The maximum absolute atomic E-state index is 14.1. The van der Waals surface area contributed by atoms with E-state index in [0.717, 1.165) is 19.3 Å². The number of rotatable bonds is 23. The van der Waals surface area contributed by atoms with E-state index in [1.165, 1.54) is 15.3 Å². The second-order valence-corrected chi connectivity index (χ2v) is 16.5. The summed E-state index contributed by atoms with van der Waals surface area (Å²) in [7, 11) is 0. The summed E-state index contributed by atoms with van der Waals surface area (Å²) in [5.74, 6) is -2.33. The van der Waals surface area contributed by atoms with Crippen LogP contribution in [0, 0.1) is 10.8 Å². The molecule has 1 saturated heterocycles. The smallest absolute Gasteiger partial charge is 0.289 e. The Kier molecular flexibility index (Phi) is 20.1. The molecule has 1 rings (SSSR count). The average molecular weight is 730 g/mol. The Balaban J connectivity index is 3.06. The van der Waals surface area contributed by atoms with Crippen LogP contribution >= 0.6 is 0 Å². The number of ketones is 1. The summed E-state index contributed by atoms with van der Waals surface area (Å²) in [5, 5.41) is 26.1. The molecule has 7 N–H and O–H groups in total. The number of hydrogen-bond donors (Lipinski definition) is 7. The van der Waals surface area contributed by atoms with Gasteiger partial charge in [-0.3, -0.25) is 34.4 Å². The summed E-state index contributed by atoms with van der Waals surface area (Å²) in [4.78, 5) is 54.9. The Morgan fingerprint density at radius 1 is 1.04 bits per heavy atom. The molecule has 0 aromatic carbocycles. The molecule has 0 bridgehead atoms. The van der Waals surface area contributed by atoms with Crippen LogP contribution in [0.15, 0.2) is 12.7 Å².